The van der Waals surface area contributed by atoms with Crippen molar-refractivity contribution in [3.63, 3.8) is 0 Å². The number of amides is 1. The average molecular weight is 251 g/mol. The van der Waals surface area contributed by atoms with E-state index >= 15 is 0 Å². The van der Waals surface area contributed by atoms with Crippen molar-refractivity contribution in [2.45, 2.75) is 32.3 Å². The fourth-order valence-corrected chi connectivity index (χ4v) is 1.60. The van der Waals surface area contributed by atoms with Crippen molar-refractivity contribution in [3.05, 3.63) is 29.8 Å². The Morgan fingerprint density at radius 2 is 2.17 bits per heavy atom. The molecule has 0 aliphatic rings. The van der Waals surface area contributed by atoms with Crippen molar-refractivity contribution < 1.29 is 14.6 Å². The Bertz CT molecular complexity index is 413. The maximum absolute atomic E-state index is 11.4. The van der Waals surface area contributed by atoms with Crippen molar-refractivity contribution in [3.8, 4) is 5.75 Å². The second-order valence-corrected chi connectivity index (χ2v) is 5.01. The van der Waals surface area contributed by atoms with Gasteiger partial charge in [-0.2, -0.15) is 0 Å². The number of rotatable bonds is 5. The maximum atomic E-state index is 11.4. The first-order valence-electron chi connectivity index (χ1n) is 5.97. The van der Waals surface area contributed by atoms with Crippen LogP contribution in [0.4, 0.5) is 0 Å². The Kier molecular flexibility index (Phi) is 4.73. The predicted molar refractivity (Wildman–Crippen MR) is 70.7 cm³/mol. The number of aliphatic hydroxyl groups is 1. The zero-order valence-corrected chi connectivity index (χ0v) is 11.4. The van der Waals surface area contributed by atoms with E-state index < -0.39 is 6.10 Å². The number of carbonyl (C=O) groups is 1. The van der Waals surface area contributed by atoms with E-state index in [2.05, 4.69) is 5.32 Å². The molecule has 0 bridgehead atoms. The molecule has 0 heterocycles. The minimum Gasteiger partial charge on any atom is -0.497 e. The molecule has 0 fully saturated rings. The Morgan fingerprint density at radius 1 is 1.50 bits per heavy atom. The Hall–Kier alpha value is -1.55. The smallest absolute Gasteiger partial charge is 0.248 e. The number of carbonyl (C=O) groups excluding carboxylic acids is 1. The number of hydrogen-bond acceptors (Lipinski definition) is 3. The van der Waals surface area contributed by atoms with E-state index in [1.807, 2.05) is 38.1 Å². The molecule has 0 saturated heterocycles. The van der Waals surface area contributed by atoms with Crippen LogP contribution in [0.5, 0.6) is 5.75 Å². The number of benzene rings is 1. The highest BCUT2D eigenvalue weighted by atomic mass is 16.5. The molecule has 1 amide bonds. The monoisotopic (exact) mass is 251 g/mol. The van der Waals surface area contributed by atoms with Gasteiger partial charge in [0.1, 0.15) is 11.9 Å². The van der Waals surface area contributed by atoms with Gasteiger partial charge in [-0.1, -0.05) is 26.0 Å². The fraction of sp³-hybridized carbons (Fsp3) is 0.500. The molecule has 18 heavy (non-hydrogen) atoms. The molecule has 1 atom stereocenters. The van der Waals surface area contributed by atoms with Gasteiger partial charge in [0.25, 0.3) is 0 Å². The van der Waals surface area contributed by atoms with Crippen LogP contribution in [0.2, 0.25) is 0 Å². The minimum atomic E-state index is -0.980. The second-order valence-electron chi connectivity index (χ2n) is 5.01. The Labute approximate surface area is 108 Å². The molecule has 0 saturated carbocycles. The highest BCUT2D eigenvalue weighted by Gasteiger charge is 2.22. The molecule has 1 aromatic carbocycles. The zero-order chi connectivity index (χ0) is 13.8. The molecule has 0 aromatic heterocycles. The lowest BCUT2D eigenvalue weighted by atomic mass is 9.84. The molecule has 4 heteroatoms. The number of nitrogens with one attached hydrogen (secondary N) is 1. The zero-order valence-electron chi connectivity index (χ0n) is 11.4. The van der Waals surface area contributed by atoms with E-state index in [1.54, 1.807) is 7.11 Å². The van der Waals surface area contributed by atoms with Crippen LogP contribution in [0.15, 0.2) is 24.3 Å². The molecule has 1 unspecified atom stereocenters. The summed E-state index contributed by atoms with van der Waals surface area (Å²) >= 11 is 0. The summed E-state index contributed by atoms with van der Waals surface area (Å²) in [6.45, 7) is 5.98. The first-order valence-corrected chi connectivity index (χ1v) is 5.97. The van der Waals surface area contributed by atoms with Gasteiger partial charge in [-0.05, 0) is 24.6 Å². The van der Waals surface area contributed by atoms with Crippen molar-refractivity contribution in [2.75, 3.05) is 13.7 Å². The topological polar surface area (TPSA) is 58.6 Å². The summed E-state index contributed by atoms with van der Waals surface area (Å²) in [5.41, 5.74) is 0.853. The van der Waals surface area contributed by atoms with Gasteiger partial charge in [-0.25, -0.2) is 0 Å². The van der Waals surface area contributed by atoms with Crippen LogP contribution in [0.25, 0.3) is 0 Å². The molecule has 0 aliphatic heterocycles. The second kappa shape index (κ2) is 5.87. The predicted octanol–water partition coefficient (Wildman–Crippen LogP) is 1.47. The van der Waals surface area contributed by atoms with E-state index in [1.165, 1.54) is 6.92 Å². The van der Waals surface area contributed by atoms with Gasteiger partial charge in [-0.3, -0.25) is 4.79 Å². The van der Waals surface area contributed by atoms with E-state index in [-0.39, 0.29) is 11.3 Å². The van der Waals surface area contributed by atoms with Crippen LogP contribution < -0.4 is 10.1 Å². The summed E-state index contributed by atoms with van der Waals surface area (Å²) in [5.74, 6) is 0.438. The molecule has 0 aliphatic carbocycles. The number of ether oxygens (including phenoxy) is 1. The molecule has 0 spiro atoms. The fourth-order valence-electron chi connectivity index (χ4n) is 1.60. The summed E-state index contributed by atoms with van der Waals surface area (Å²) in [7, 11) is 1.63. The van der Waals surface area contributed by atoms with Crippen LogP contribution in [0.3, 0.4) is 0 Å². The quantitative estimate of drug-likeness (QED) is 0.833. The SMILES string of the molecule is COc1cccc(C(C)(C)CNC(=O)C(C)O)c1. The number of methoxy groups -OCH3 is 1. The van der Waals surface area contributed by atoms with Crippen LogP contribution in [0, 0.1) is 0 Å². The third-order valence-corrected chi connectivity index (χ3v) is 2.94. The summed E-state index contributed by atoms with van der Waals surface area (Å²) in [4.78, 5) is 11.4. The van der Waals surface area contributed by atoms with E-state index in [0.29, 0.717) is 6.54 Å². The van der Waals surface area contributed by atoms with E-state index in [0.717, 1.165) is 11.3 Å². The van der Waals surface area contributed by atoms with Crippen LogP contribution in [0.1, 0.15) is 26.3 Å². The van der Waals surface area contributed by atoms with Crippen LogP contribution in [-0.4, -0.2) is 30.8 Å². The molecular formula is C14H21NO3. The van der Waals surface area contributed by atoms with E-state index in [9.17, 15) is 4.79 Å². The summed E-state index contributed by atoms with van der Waals surface area (Å²) in [5, 5.41) is 11.9. The van der Waals surface area contributed by atoms with Gasteiger partial charge < -0.3 is 15.2 Å². The minimum absolute atomic E-state index is 0.223. The highest BCUT2D eigenvalue weighted by molar-refractivity contribution is 5.80. The van der Waals surface area contributed by atoms with Gasteiger partial charge in [0, 0.05) is 12.0 Å². The lowest BCUT2D eigenvalue weighted by molar-refractivity contribution is -0.128. The first kappa shape index (κ1) is 14.5. The van der Waals surface area contributed by atoms with Crippen LogP contribution >= 0.6 is 0 Å². The van der Waals surface area contributed by atoms with Crippen molar-refractivity contribution in [1.82, 2.24) is 5.32 Å². The first-order chi connectivity index (χ1) is 8.36. The maximum Gasteiger partial charge on any atom is 0.248 e. The third-order valence-electron chi connectivity index (χ3n) is 2.94. The molecule has 4 nitrogen and oxygen atoms in total. The van der Waals surface area contributed by atoms with Gasteiger partial charge in [0.2, 0.25) is 5.91 Å². The summed E-state index contributed by atoms with van der Waals surface area (Å²) in [6, 6.07) is 7.76. The Balaban J connectivity index is 2.75. The summed E-state index contributed by atoms with van der Waals surface area (Å²) < 4.78 is 5.19. The van der Waals surface area contributed by atoms with Crippen LogP contribution in [-0.2, 0) is 10.2 Å². The molecule has 1 rings (SSSR count). The van der Waals surface area contributed by atoms with Crippen molar-refractivity contribution in [1.29, 1.82) is 0 Å². The lowest BCUT2D eigenvalue weighted by Crippen LogP contribution is -2.40. The number of hydrogen-bond donors (Lipinski definition) is 2. The van der Waals surface area contributed by atoms with Crippen molar-refractivity contribution in [2.24, 2.45) is 0 Å². The number of aliphatic hydroxyl groups excluding tert-OH is 1. The normalized spacial score (nSPS) is 12.9. The van der Waals surface area contributed by atoms with Gasteiger partial charge >= 0.3 is 0 Å². The third kappa shape index (κ3) is 3.74. The largest absolute Gasteiger partial charge is 0.497 e. The van der Waals surface area contributed by atoms with Gasteiger partial charge in [0.05, 0.1) is 7.11 Å². The van der Waals surface area contributed by atoms with Gasteiger partial charge in [0.15, 0.2) is 0 Å². The molecular weight excluding hydrogens is 230 g/mol. The highest BCUT2D eigenvalue weighted by Crippen LogP contribution is 2.25. The summed E-state index contributed by atoms with van der Waals surface area (Å²) in [6.07, 6.45) is -0.980. The Morgan fingerprint density at radius 3 is 2.72 bits per heavy atom. The molecule has 1 aromatic rings. The van der Waals surface area contributed by atoms with E-state index in [4.69, 9.17) is 9.84 Å². The standard InChI is InChI=1S/C14H21NO3/c1-10(16)13(17)15-9-14(2,3)11-6-5-7-12(8-11)18-4/h5-8,10,16H,9H2,1-4H3,(H,15,17). The molecule has 100 valence electrons. The van der Waals surface area contributed by atoms with Crippen molar-refractivity contribution >= 4 is 5.91 Å². The molecule has 0 radical (unpaired) electrons. The average Bonchev–Trinajstić information content (AvgIpc) is 2.36. The molecule has 2 N–H and O–H groups in total. The van der Waals surface area contributed by atoms with Gasteiger partial charge in [-0.15, -0.1) is 0 Å². The lowest BCUT2D eigenvalue weighted by Gasteiger charge is -2.26.